The number of hydrogen-bond acceptors (Lipinski definition) is 4. The van der Waals surface area contributed by atoms with Gasteiger partial charge in [-0.2, -0.15) is 0 Å². The van der Waals surface area contributed by atoms with Crippen molar-refractivity contribution in [2.45, 2.75) is 19.8 Å². The van der Waals surface area contributed by atoms with E-state index in [1.165, 1.54) is 11.3 Å². The lowest BCUT2D eigenvalue weighted by Gasteiger charge is -2.02. The SMILES string of the molecule is CCCNC(=O)Cc1csc(Nc2cccc(Cl)c2)n1. The molecule has 0 atom stereocenters. The Balaban J connectivity index is 1.93. The standard InChI is InChI=1S/C14H16ClN3OS/c1-2-6-16-13(19)8-12-9-20-14(18-12)17-11-5-3-4-10(15)7-11/h3-5,7,9H,2,6,8H2,1H3,(H,16,19)(H,17,18). The van der Waals surface area contributed by atoms with Crippen LogP contribution in [0, 0.1) is 0 Å². The van der Waals surface area contributed by atoms with Gasteiger partial charge in [0.05, 0.1) is 12.1 Å². The number of aromatic nitrogens is 1. The quantitative estimate of drug-likeness (QED) is 0.857. The number of benzene rings is 1. The van der Waals surface area contributed by atoms with Gasteiger partial charge in [-0.05, 0) is 24.6 Å². The molecular formula is C14H16ClN3OS. The van der Waals surface area contributed by atoms with Crippen LogP contribution in [0.2, 0.25) is 5.02 Å². The molecule has 4 nitrogen and oxygen atoms in total. The summed E-state index contributed by atoms with van der Waals surface area (Å²) in [5.41, 5.74) is 1.65. The van der Waals surface area contributed by atoms with Crippen LogP contribution in [0.15, 0.2) is 29.6 Å². The van der Waals surface area contributed by atoms with E-state index in [4.69, 9.17) is 11.6 Å². The zero-order chi connectivity index (χ0) is 14.4. The van der Waals surface area contributed by atoms with Crippen LogP contribution in [0.5, 0.6) is 0 Å². The summed E-state index contributed by atoms with van der Waals surface area (Å²) < 4.78 is 0. The van der Waals surface area contributed by atoms with Crippen LogP contribution in [0.25, 0.3) is 0 Å². The average molecular weight is 310 g/mol. The number of carbonyl (C=O) groups excluding carboxylic acids is 1. The first kappa shape index (κ1) is 14.8. The first-order valence-electron chi connectivity index (χ1n) is 6.41. The molecule has 2 rings (SSSR count). The molecule has 0 saturated carbocycles. The van der Waals surface area contributed by atoms with Crippen LogP contribution in [0.4, 0.5) is 10.8 Å². The number of nitrogens with one attached hydrogen (secondary N) is 2. The minimum Gasteiger partial charge on any atom is -0.356 e. The zero-order valence-corrected chi connectivity index (χ0v) is 12.7. The third kappa shape index (κ3) is 4.51. The Labute approximate surface area is 127 Å². The maximum Gasteiger partial charge on any atom is 0.226 e. The molecule has 0 aliphatic rings. The van der Waals surface area contributed by atoms with Crippen LogP contribution in [-0.4, -0.2) is 17.4 Å². The number of hydrogen-bond donors (Lipinski definition) is 2. The van der Waals surface area contributed by atoms with E-state index in [1.54, 1.807) is 0 Å². The number of carbonyl (C=O) groups is 1. The number of amides is 1. The summed E-state index contributed by atoms with van der Waals surface area (Å²) in [5.74, 6) is 0.00598. The largest absolute Gasteiger partial charge is 0.356 e. The van der Waals surface area contributed by atoms with Crippen LogP contribution < -0.4 is 10.6 Å². The van der Waals surface area contributed by atoms with Gasteiger partial charge >= 0.3 is 0 Å². The van der Waals surface area contributed by atoms with Gasteiger partial charge in [0.25, 0.3) is 0 Å². The fourth-order valence-electron chi connectivity index (χ4n) is 1.63. The number of thiazole rings is 1. The van der Waals surface area contributed by atoms with Crippen LogP contribution in [0.1, 0.15) is 19.0 Å². The van der Waals surface area contributed by atoms with E-state index in [0.29, 0.717) is 18.0 Å². The third-order valence-electron chi connectivity index (χ3n) is 2.54. The van der Waals surface area contributed by atoms with Gasteiger partial charge in [0.15, 0.2) is 5.13 Å². The summed E-state index contributed by atoms with van der Waals surface area (Å²) in [4.78, 5) is 16.0. The number of nitrogens with zero attached hydrogens (tertiary/aromatic N) is 1. The molecule has 20 heavy (non-hydrogen) atoms. The fraction of sp³-hybridized carbons (Fsp3) is 0.286. The van der Waals surface area contributed by atoms with E-state index in [1.807, 2.05) is 36.6 Å². The Morgan fingerprint density at radius 2 is 2.30 bits per heavy atom. The highest BCUT2D eigenvalue weighted by molar-refractivity contribution is 7.13. The van der Waals surface area contributed by atoms with E-state index in [2.05, 4.69) is 15.6 Å². The summed E-state index contributed by atoms with van der Waals surface area (Å²) in [6.07, 6.45) is 1.25. The molecule has 1 aromatic carbocycles. The Bertz CT molecular complexity index is 585. The lowest BCUT2D eigenvalue weighted by molar-refractivity contribution is -0.120. The molecule has 0 aliphatic heterocycles. The molecule has 0 fully saturated rings. The second kappa shape index (κ2) is 7.26. The van der Waals surface area contributed by atoms with Crippen molar-refractivity contribution in [3.8, 4) is 0 Å². The molecule has 106 valence electrons. The summed E-state index contributed by atoms with van der Waals surface area (Å²) in [6, 6.07) is 7.44. The molecule has 0 spiro atoms. The fourth-order valence-corrected chi connectivity index (χ4v) is 2.55. The van der Waals surface area contributed by atoms with Gasteiger partial charge in [0.2, 0.25) is 5.91 Å². The molecule has 2 aromatic rings. The van der Waals surface area contributed by atoms with E-state index < -0.39 is 0 Å². The van der Waals surface area contributed by atoms with Gasteiger partial charge in [-0.25, -0.2) is 4.98 Å². The minimum atomic E-state index is 0.00598. The van der Waals surface area contributed by atoms with Gasteiger partial charge in [-0.15, -0.1) is 11.3 Å². The minimum absolute atomic E-state index is 0.00598. The lowest BCUT2D eigenvalue weighted by Crippen LogP contribution is -2.25. The van der Waals surface area contributed by atoms with Crippen molar-refractivity contribution in [3.05, 3.63) is 40.4 Å². The van der Waals surface area contributed by atoms with Crippen molar-refractivity contribution in [2.24, 2.45) is 0 Å². The van der Waals surface area contributed by atoms with E-state index in [9.17, 15) is 4.79 Å². The molecule has 1 amide bonds. The Morgan fingerprint density at radius 3 is 3.05 bits per heavy atom. The number of anilines is 2. The molecule has 0 bridgehead atoms. The van der Waals surface area contributed by atoms with E-state index >= 15 is 0 Å². The molecule has 0 radical (unpaired) electrons. The maximum absolute atomic E-state index is 11.6. The highest BCUT2D eigenvalue weighted by Crippen LogP contribution is 2.23. The first-order chi connectivity index (χ1) is 9.67. The van der Waals surface area contributed by atoms with Crippen molar-refractivity contribution < 1.29 is 4.79 Å². The summed E-state index contributed by atoms with van der Waals surface area (Å²) in [7, 11) is 0. The monoisotopic (exact) mass is 309 g/mol. The van der Waals surface area contributed by atoms with E-state index in [0.717, 1.165) is 22.9 Å². The molecule has 6 heteroatoms. The first-order valence-corrected chi connectivity index (χ1v) is 7.67. The van der Waals surface area contributed by atoms with Gasteiger partial charge in [0, 0.05) is 22.6 Å². The van der Waals surface area contributed by atoms with Crippen molar-refractivity contribution in [2.75, 3.05) is 11.9 Å². The van der Waals surface area contributed by atoms with Gasteiger partial charge in [-0.1, -0.05) is 24.6 Å². The Hall–Kier alpha value is -1.59. The van der Waals surface area contributed by atoms with Gasteiger partial charge in [0.1, 0.15) is 0 Å². The summed E-state index contributed by atoms with van der Waals surface area (Å²) in [6.45, 7) is 2.73. The number of halogens is 1. The van der Waals surface area contributed by atoms with Crippen LogP contribution in [0.3, 0.4) is 0 Å². The maximum atomic E-state index is 11.6. The van der Waals surface area contributed by atoms with Crippen molar-refractivity contribution in [1.29, 1.82) is 0 Å². The molecule has 2 N–H and O–H groups in total. The molecular weight excluding hydrogens is 294 g/mol. The summed E-state index contributed by atoms with van der Waals surface area (Å²) in [5, 5.41) is 9.32. The average Bonchev–Trinajstić information content (AvgIpc) is 2.83. The van der Waals surface area contributed by atoms with E-state index in [-0.39, 0.29) is 5.91 Å². The molecule has 0 aliphatic carbocycles. The van der Waals surface area contributed by atoms with Crippen LogP contribution >= 0.6 is 22.9 Å². The Morgan fingerprint density at radius 1 is 1.45 bits per heavy atom. The van der Waals surface area contributed by atoms with Crippen molar-refractivity contribution >= 4 is 39.7 Å². The summed E-state index contributed by atoms with van der Waals surface area (Å²) >= 11 is 7.39. The van der Waals surface area contributed by atoms with Gasteiger partial charge in [-0.3, -0.25) is 4.79 Å². The van der Waals surface area contributed by atoms with Gasteiger partial charge < -0.3 is 10.6 Å². The van der Waals surface area contributed by atoms with Crippen molar-refractivity contribution in [1.82, 2.24) is 10.3 Å². The predicted octanol–water partition coefficient (Wildman–Crippen LogP) is 3.61. The molecule has 1 aromatic heterocycles. The second-order valence-corrected chi connectivity index (χ2v) is 5.60. The third-order valence-corrected chi connectivity index (χ3v) is 3.58. The molecule has 1 heterocycles. The Kier molecular flexibility index (Phi) is 5.38. The number of rotatable bonds is 6. The zero-order valence-electron chi connectivity index (χ0n) is 11.1. The highest BCUT2D eigenvalue weighted by atomic mass is 35.5. The predicted molar refractivity (Wildman–Crippen MR) is 83.9 cm³/mol. The molecule has 0 saturated heterocycles. The van der Waals surface area contributed by atoms with Crippen LogP contribution in [-0.2, 0) is 11.2 Å². The highest BCUT2D eigenvalue weighted by Gasteiger charge is 2.07. The topological polar surface area (TPSA) is 54.0 Å². The lowest BCUT2D eigenvalue weighted by atomic mass is 10.3. The second-order valence-electron chi connectivity index (χ2n) is 4.31. The normalized spacial score (nSPS) is 10.3. The molecule has 0 unspecified atom stereocenters. The van der Waals surface area contributed by atoms with Crippen molar-refractivity contribution in [3.63, 3.8) is 0 Å². The smallest absolute Gasteiger partial charge is 0.226 e.